The van der Waals surface area contributed by atoms with Crippen LogP contribution in [0.2, 0.25) is 0 Å². The number of alkyl halides is 1. The molecule has 1 atom stereocenters. The standard InChI is InChI=1S/C15H21BrN2O3/c1-3-4-12(5-6-16)10-17-15(19)13-7-11(2)8-14(9-13)18(20)21/h7-9,12H,3-6,10H2,1-2H3,(H,17,19). The Labute approximate surface area is 133 Å². The molecule has 0 saturated heterocycles. The lowest BCUT2D eigenvalue weighted by Crippen LogP contribution is -2.29. The average molecular weight is 357 g/mol. The highest BCUT2D eigenvalue weighted by Gasteiger charge is 2.14. The van der Waals surface area contributed by atoms with Crippen molar-refractivity contribution in [2.45, 2.75) is 33.1 Å². The third kappa shape index (κ3) is 5.83. The van der Waals surface area contributed by atoms with Crippen molar-refractivity contribution in [1.82, 2.24) is 5.32 Å². The molecule has 21 heavy (non-hydrogen) atoms. The van der Waals surface area contributed by atoms with E-state index in [1.54, 1.807) is 13.0 Å². The second-order valence-corrected chi connectivity index (χ2v) is 5.95. The van der Waals surface area contributed by atoms with Gasteiger partial charge in [0, 0.05) is 29.6 Å². The predicted octanol–water partition coefficient (Wildman–Crippen LogP) is 3.83. The SMILES string of the molecule is CCCC(CCBr)CNC(=O)c1cc(C)cc([N+](=O)[O-])c1. The van der Waals surface area contributed by atoms with Crippen LogP contribution >= 0.6 is 15.9 Å². The largest absolute Gasteiger partial charge is 0.352 e. The van der Waals surface area contributed by atoms with Gasteiger partial charge in [-0.25, -0.2) is 0 Å². The minimum atomic E-state index is -0.478. The monoisotopic (exact) mass is 356 g/mol. The van der Waals surface area contributed by atoms with E-state index < -0.39 is 4.92 Å². The van der Waals surface area contributed by atoms with Crippen LogP contribution in [0.25, 0.3) is 0 Å². The summed E-state index contributed by atoms with van der Waals surface area (Å²) < 4.78 is 0. The maximum atomic E-state index is 12.1. The van der Waals surface area contributed by atoms with Crippen molar-refractivity contribution in [3.63, 3.8) is 0 Å². The first-order valence-electron chi connectivity index (χ1n) is 7.08. The molecule has 5 nitrogen and oxygen atoms in total. The molecule has 0 aliphatic carbocycles. The van der Waals surface area contributed by atoms with Gasteiger partial charge in [-0.2, -0.15) is 0 Å². The molecule has 1 unspecified atom stereocenters. The Hall–Kier alpha value is -1.43. The van der Waals surface area contributed by atoms with Gasteiger partial charge in [-0.15, -0.1) is 0 Å². The minimum absolute atomic E-state index is 0.0503. The fraction of sp³-hybridized carbons (Fsp3) is 0.533. The minimum Gasteiger partial charge on any atom is -0.352 e. The predicted molar refractivity (Wildman–Crippen MR) is 87.0 cm³/mol. The molecule has 116 valence electrons. The number of amides is 1. The lowest BCUT2D eigenvalue weighted by molar-refractivity contribution is -0.384. The van der Waals surface area contributed by atoms with Crippen LogP contribution in [0, 0.1) is 23.0 Å². The quantitative estimate of drug-likeness (QED) is 0.437. The van der Waals surface area contributed by atoms with E-state index in [2.05, 4.69) is 28.2 Å². The zero-order chi connectivity index (χ0) is 15.8. The molecule has 0 heterocycles. The Morgan fingerprint density at radius 2 is 2.10 bits per heavy atom. The summed E-state index contributed by atoms with van der Waals surface area (Å²) in [6.07, 6.45) is 3.13. The number of nitrogens with zero attached hydrogens (tertiary/aromatic N) is 1. The second-order valence-electron chi connectivity index (χ2n) is 5.16. The zero-order valence-electron chi connectivity index (χ0n) is 12.4. The van der Waals surface area contributed by atoms with Crippen molar-refractivity contribution in [2.75, 3.05) is 11.9 Å². The summed E-state index contributed by atoms with van der Waals surface area (Å²) in [5.41, 5.74) is 1.00. The first-order chi connectivity index (χ1) is 9.97. The number of hydrogen-bond donors (Lipinski definition) is 1. The molecule has 1 N–H and O–H groups in total. The molecule has 0 fully saturated rings. The van der Waals surface area contributed by atoms with Gasteiger partial charge >= 0.3 is 0 Å². The zero-order valence-corrected chi connectivity index (χ0v) is 14.0. The van der Waals surface area contributed by atoms with Gasteiger partial charge in [-0.3, -0.25) is 14.9 Å². The number of non-ortho nitro benzene ring substituents is 1. The van der Waals surface area contributed by atoms with Crippen LogP contribution in [0.4, 0.5) is 5.69 Å². The number of carbonyl (C=O) groups excluding carboxylic acids is 1. The summed E-state index contributed by atoms with van der Waals surface area (Å²) >= 11 is 3.42. The van der Waals surface area contributed by atoms with Crippen LogP contribution in [-0.4, -0.2) is 22.7 Å². The van der Waals surface area contributed by atoms with Crippen LogP contribution in [0.15, 0.2) is 18.2 Å². The van der Waals surface area contributed by atoms with Crippen molar-refractivity contribution in [3.8, 4) is 0 Å². The molecule has 0 saturated carbocycles. The van der Waals surface area contributed by atoms with Crippen molar-refractivity contribution in [2.24, 2.45) is 5.92 Å². The van der Waals surface area contributed by atoms with E-state index in [0.29, 0.717) is 23.6 Å². The van der Waals surface area contributed by atoms with Crippen LogP contribution in [0.5, 0.6) is 0 Å². The van der Waals surface area contributed by atoms with Gasteiger partial charge in [0.1, 0.15) is 0 Å². The first-order valence-corrected chi connectivity index (χ1v) is 8.20. The molecule has 0 aliphatic heterocycles. The highest BCUT2D eigenvalue weighted by Crippen LogP contribution is 2.17. The Morgan fingerprint density at radius 1 is 1.38 bits per heavy atom. The molecular weight excluding hydrogens is 336 g/mol. The lowest BCUT2D eigenvalue weighted by atomic mass is 10.0. The highest BCUT2D eigenvalue weighted by molar-refractivity contribution is 9.09. The Kier molecular flexibility index (Phi) is 7.36. The molecule has 0 radical (unpaired) electrons. The number of rotatable bonds is 8. The molecule has 1 aromatic rings. The smallest absolute Gasteiger partial charge is 0.270 e. The number of nitrogens with one attached hydrogen (secondary N) is 1. The molecule has 1 amide bonds. The summed E-state index contributed by atoms with van der Waals surface area (Å²) in [6.45, 7) is 4.46. The number of carbonyl (C=O) groups is 1. The van der Waals surface area contributed by atoms with Crippen LogP contribution in [0.3, 0.4) is 0 Å². The number of benzene rings is 1. The molecule has 1 aromatic carbocycles. The van der Waals surface area contributed by atoms with E-state index in [9.17, 15) is 14.9 Å². The summed E-state index contributed by atoms with van der Waals surface area (Å²) in [7, 11) is 0. The summed E-state index contributed by atoms with van der Waals surface area (Å²) in [4.78, 5) is 22.5. The number of aryl methyl sites for hydroxylation is 1. The van der Waals surface area contributed by atoms with Crippen molar-refractivity contribution < 1.29 is 9.72 Å². The van der Waals surface area contributed by atoms with Crippen molar-refractivity contribution >= 4 is 27.5 Å². The highest BCUT2D eigenvalue weighted by atomic mass is 79.9. The van der Waals surface area contributed by atoms with Gasteiger partial charge in [-0.05, 0) is 37.3 Å². The van der Waals surface area contributed by atoms with Gasteiger partial charge < -0.3 is 5.32 Å². The normalized spacial score (nSPS) is 12.0. The first kappa shape index (κ1) is 17.6. The van der Waals surface area contributed by atoms with E-state index in [-0.39, 0.29) is 11.6 Å². The van der Waals surface area contributed by atoms with Crippen molar-refractivity contribution in [3.05, 3.63) is 39.4 Å². The van der Waals surface area contributed by atoms with Gasteiger partial charge in [0.25, 0.3) is 11.6 Å². The van der Waals surface area contributed by atoms with E-state index in [0.717, 1.165) is 24.6 Å². The molecule has 0 spiro atoms. The third-order valence-electron chi connectivity index (χ3n) is 3.30. The van der Waals surface area contributed by atoms with E-state index >= 15 is 0 Å². The number of nitro groups is 1. The molecule has 0 aromatic heterocycles. The second kappa shape index (κ2) is 8.77. The molecule has 0 aliphatic rings. The fourth-order valence-electron chi connectivity index (χ4n) is 2.25. The van der Waals surface area contributed by atoms with E-state index in [1.165, 1.54) is 12.1 Å². The van der Waals surface area contributed by atoms with Crippen molar-refractivity contribution in [1.29, 1.82) is 0 Å². The Balaban J connectivity index is 2.72. The number of nitro benzene ring substituents is 1. The third-order valence-corrected chi connectivity index (χ3v) is 3.76. The maximum absolute atomic E-state index is 12.1. The summed E-state index contributed by atoms with van der Waals surface area (Å²) in [5, 5.41) is 14.6. The molecular formula is C15H21BrN2O3. The van der Waals surface area contributed by atoms with E-state index in [4.69, 9.17) is 0 Å². The summed E-state index contributed by atoms with van der Waals surface area (Å²) in [6, 6.07) is 4.45. The number of halogens is 1. The number of hydrogen-bond acceptors (Lipinski definition) is 3. The Morgan fingerprint density at radius 3 is 2.67 bits per heavy atom. The topological polar surface area (TPSA) is 72.2 Å². The van der Waals surface area contributed by atoms with Crippen LogP contribution in [0.1, 0.15) is 42.1 Å². The molecule has 0 bridgehead atoms. The molecule has 1 rings (SSSR count). The van der Waals surface area contributed by atoms with Gasteiger partial charge in [-0.1, -0.05) is 29.3 Å². The van der Waals surface area contributed by atoms with Gasteiger partial charge in [0.05, 0.1) is 4.92 Å². The molecule has 6 heteroatoms. The van der Waals surface area contributed by atoms with Crippen LogP contribution < -0.4 is 5.32 Å². The lowest BCUT2D eigenvalue weighted by Gasteiger charge is -2.15. The average Bonchev–Trinajstić information content (AvgIpc) is 2.44. The Bertz CT molecular complexity index is 500. The van der Waals surface area contributed by atoms with Gasteiger partial charge in [0.15, 0.2) is 0 Å². The maximum Gasteiger partial charge on any atom is 0.270 e. The van der Waals surface area contributed by atoms with Gasteiger partial charge in [0.2, 0.25) is 0 Å². The van der Waals surface area contributed by atoms with Crippen LogP contribution in [-0.2, 0) is 0 Å². The summed E-state index contributed by atoms with van der Waals surface area (Å²) in [5.74, 6) is 0.176. The fourth-order valence-corrected chi connectivity index (χ4v) is 2.90. The van der Waals surface area contributed by atoms with E-state index in [1.807, 2.05) is 0 Å².